The van der Waals surface area contributed by atoms with E-state index >= 15 is 0 Å². The van der Waals surface area contributed by atoms with Crippen molar-refractivity contribution in [2.24, 2.45) is 5.92 Å². The molecule has 2 aromatic carbocycles. The minimum atomic E-state index is -0.396. The Kier molecular flexibility index (Phi) is 6.20. The van der Waals surface area contributed by atoms with Gasteiger partial charge in [-0.3, -0.25) is 4.79 Å². The maximum absolute atomic E-state index is 12.4. The van der Waals surface area contributed by atoms with Gasteiger partial charge in [-0.25, -0.2) is 0 Å². The Bertz CT molecular complexity index is 620. The van der Waals surface area contributed by atoms with Crippen LogP contribution in [0.1, 0.15) is 36.5 Å². The van der Waals surface area contributed by atoms with E-state index in [0.29, 0.717) is 19.4 Å². The maximum atomic E-state index is 12.4. The van der Waals surface area contributed by atoms with Crippen LogP contribution in [0.4, 0.5) is 0 Å². The molecule has 2 aromatic rings. The Labute approximate surface area is 148 Å². The van der Waals surface area contributed by atoms with Crippen molar-refractivity contribution >= 4 is 5.97 Å². The summed E-state index contributed by atoms with van der Waals surface area (Å²) >= 11 is 0. The summed E-state index contributed by atoms with van der Waals surface area (Å²) in [5.74, 6) is -0.0517. The molecule has 0 aromatic heterocycles. The number of hydrogen-bond acceptors (Lipinski definition) is 4. The summed E-state index contributed by atoms with van der Waals surface area (Å²) in [5.41, 5.74) is 1.92. The minimum Gasteiger partial charge on any atom is -0.453 e. The average molecular weight is 339 g/mol. The van der Waals surface area contributed by atoms with Crippen molar-refractivity contribution in [3.8, 4) is 0 Å². The van der Waals surface area contributed by atoms with E-state index in [1.165, 1.54) is 0 Å². The lowest BCUT2D eigenvalue weighted by atomic mass is 9.90. The summed E-state index contributed by atoms with van der Waals surface area (Å²) in [6.07, 6.45) is 1.12. The molecule has 1 heterocycles. The lowest BCUT2D eigenvalue weighted by Crippen LogP contribution is -2.40. The van der Waals surface area contributed by atoms with E-state index in [4.69, 9.17) is 4.74 Å². The average Bonchev–Trinajstić information content (AvgIpc) is 2.67. The van der Waals surface area contributed by atoms with Crippen molar-refractivity contribution in [2.75, 3.05) is 13.1 Å². The molecule has 132 valence electrons. The van der Waals surface area contributed by atoms with Gasteiger partial charge in [-0.1, -0.05) is 60.7 Å². The third-order valence-electron chi connectivity index (χ3n) is 4.76. The fourth-order valence-electron chi connectivity index (χ4n) is 3.31. The van der Waals surface area contributed by atoms with Crippen LogP contribution in [-0.2, 0) is 9.53 Å². The molecule has 1 fully saturated rings. The third kappa shape index (κ3) is 4.91. The first-order chi connectivity index (χ1) is 12.2. The maximum Gasteiger partial charge on any atom is 0.306 e. The van der Waals surface area contributed by atoms with Crippen LogP contribution in [0.15, 0.2) is 60.7 Å². The van der Waals surface area contributed by atoms with E-state index < -0.39 is 6.10 Å². The van der Waals surface area contributed by atoms with E-state index in [1.807, 2.05) is 60.7 Å². The van der Waals surface area contributed by atoms with Crippen LogP contribution in [0.3, 0.4) is 0 Å². The van der Waals surface area contributed by atoms with Gasteiger partial charge in [-0.05, 0) is 36.4 Å². The summed E-state index contributed by atoms with van der Waals surface area (Å²) < 4.78 is 5.81. The second kappa shape index (κ2) is 8.79. The topological polar surface area (TPSA) is 58.6 Å². The Morgan fingerprint density at radius 3 is 2.24 bits per heavy atom. The number of piperidine rings is 1. The molecule has 25 heavy (non-hydrogen) atoms. The number of ether oxygens (including phenoxy) is 1. The zero-order valence-electron chi connectivity index (χ0n) is 14.3. The minimum absolute atomic E-state index is 0.167. The standard InChI is InChI=1S/C21H25NO3/c23-19-15-22-14-13-16(19)11-12-20(24)25-21(17-7-3-1-4-8-17)18-9-5-2-6-10-18/h1-10,16,19,21-23H,11-15H2. The van der Waals surface area contributed by atoms with Crippen molar-refractivity contribution in [1.82, 2.24) is 5.32 Å². The highest BCUT2D eigenvalue weighted by molar-refractivity contribution is 5.70. The summed E-state index contributed by atoms with van der Waals surface area (Å²) in [6.45, 7) is 1.50. The molecule has 1 aliphatic rings. The van der Waals surface area contributed by atoms with Crippen molar-refractivity contribution in [1.29, 1.82) is 0 Å². The summed E-state index contributed by atoms with van der Waals surface area (Å²) in [5, 5.41) is 13.2. The van der Waals surface area contributed by atoms with Crippen molar-refractivity contribution in [2.45, 2.75) is 31.5 Å². The molecule has 0 spiro atoms. The quantitative estimate of drug-likeness (QED) is 0.794. The Balaban J connectivity index is 1.65. The first-order valence-corrected chi connectivity index (χ1v) is 8.92. The second-order valence-corrected chi connectivity index (χ2v) is 6.55. The smallest absolute Gasteiger partial charge is 0.306 e. The van der Waals surface area contributed by atoms with Crippen molar-refractivity contribution in [3.63, 3.8) is 0 Å². The number of nitrogens with one attached hydrogen (secondary N) is 1. The number of carbonyl (C=O) groups excluding carboxylic acids is 1. The van der Waals surface area contributed by atoms with Crippen LogP contribution in [0, 0.1) is 5.92 Å². The fraction of sp³-hybridized carbons (Fsp3) is 0.381. The largest absolute Gasteiger partial charge is 0.453 e. The molecule has 2 N–H and O–H groups in total. The number of hydrogen-bond donors (Lipinski definition) is 2. The molecule has 0 amide bonds. The molecular formula is C21H25NO3. The van der Waals surface area contributed by atoms with Crippen LogP contribution in [0.5, 0.6) is 0 Å². The fourth-order valence-corrected chi connectivity index (χ4v) is 3.31. The van der Waals surface area contributed by atoms with Crippen molar-refractivity contribution in [3.05, 3.63) is 71.8 Å². The summed E-state index contributed by atoms with van der Waals surface area (Å²) in [6, 6.07) is 19.6. The number of carbonyl (C=O) groups is 1. The number of rotatable bonds is 6. The molecule has 1 saturated heterocycles. The summed E-state index contributed by atoms with van der Waals surface area (Å²) in [7, 11) is 0. The second-order valence-electron chi connectivity index (χ2n) is 6.55. The number of β-amino-alcohol motifs (C(OH)–C–C–N with tert-alkyl or cyclic N) is 1. The van der Waals surface area contributed by atoms with Crippen LogP contribution >= 0.6 is 0 Å². The molecular weight excluding hydrogens is 314 g/mol. The highest BCUT2D eigenvalue weighted by Crippen LogP contribution is 2.27. The predicted octanol–water partition coefficient (Wildman–Crippen LogP) is 3.07. The monoisotopic (exact) mass is 339 g/mol. The number of benzene rings is 2. The van der Waals surface area contributed by atoms with E-state index in [2.05, 4.69) is 5.32 Å². The Hall–Kier alpha value is -2.17. The van der Waals surface area contributed by atoms with Gasteiger partial charge in [0, 0.05) is 13.0 Å². The normalized spacial score (nSPS) is 20.4. The number of aliphatic hydroxyl groups excluding tert-OH is 1. The number of aliphatic hydroxyl groups is 1. The molecule has 0 saturated carbocycles. The van der Waals surface area contributed by atoms with Gasteiger partial charge in [-0.2, -0.15) is 0 Å². The molecule has 2 atom stereocenters. The predicted molar refractivity (Wildman–Crippen MR) is 97.0 cm³/mol. The SMILES string of the molecule is O=C(CCC1CCNCC1O)OC(c1ccccc1)c1ccccc1. The van der Waals surface area contributed by atoms with Gasteiger partial charge in [0.05, 0.1) is 6.10 Å². The van der Waals surface area contributed by atoms with Gasteiger partial charge < -0.3 is 15.2 Å². The van der Waals surface area contributed by atoms with Crippen LogP contribution in [-0.4, -0.2) is 30.3 Å². The van der Waals surface area contributed by atoms with Gasteiger partial charge in [0.2, 0.25) is 0 Å². The molecule has 0 bridgehead atoms. The van der Waals surface area contributed by atoms with E-state index in [9.17, 15) is 9.90 Å². The van der Waals surface area contributed by atoms with Gasteiger partial charge in [0.15, 0.2) is 6.10 Å². The summed E-state index contributed by atoms with van der Waals surface area (Å²) in [4.78, 5) is 12.4. The zero-order valence-corrected chi connectivity index (χ0v) is 14.3. The van der Waals surface area contributed by atoms with E-state index in [1.54, 1.807) is 0 Å². The Morgan fingerprint density at radius 1 is 1.08 bits per heavy atom. The zero-order chi connectivity index (χ0) is 17.5. The lowest BCUT2D eigenvalue weighted by molar-refractivity contribution is -0.148. The Morgan fingerprint density at radius 2 is 1.68 bits per heavy atom. The highest BCUT2D eigenvalue weighted by Gasteiger charge is 2.25. The molecule has 0 radical (unpaired) electrons. The lowest BCUT2D eigenvalue weighted by Gasteiger charge is -2.28. The first kappa shape index (κ1) is 17.6. The molecule has 4 heteroatoms. The van der Waals surface area contributed by atoms with E-state index in [-0.39, 0.29) is 18.0 Å². The van der Waals surface area contributed by atoms with Crippen molar-refractivity contribution < 1.29 is 14.6 Å². The molecule has 1 aliphatic heterocycles. The van der Waals surface area contributed by atoms with Crippen LogP contribution in [0.25, 0.3) is 0 Å². The molecule has 4 nitrogen and oxygen atoms in total. The van der Waals surface area contributed by atoms with Crippen LogP contribution < -0.4 is 5.32 Å². The van der Waals surface area contributed by atoms with Crippen LogP contribution in [0.2, 0.25) is 0 Å². The van der Waals surface area contributed by atoms with Gasteiger partial charge in [0.25, 0.3) is 0 Å². The first-order valence-electron chi connectivity index (χ1n) is 8.92. The number of esters is 1. The van der Waals surface area contributed by atoms with E-state index in [0.717, 1.165) is 24.1 Å². The van der Waals surface area contributed by atoms with Gasteiger partial charge in [-0.15, -0.1) is 0 Å². The molecule has 2 unspecified atom stereocenters. The highest BCUT2D eigenvalue weighted by atomic mass is 16.5. The third-order valence-corrected chi connectivity index (χ3v) is 4.76. The van der Waals surface area contributed by atoms with Gasteiger partial charge >= 0.3 is 5.97 Å². The molecule has 3 rings (SSSR count). The molecule has 0 aliphatic carbocycles. The van der Waals surface area contributed by atoms with Gasteiger partial charge in [0.1, 0.15) is 0 Å².